The van der Waals surface area contributed by atoms with Crippen molar-refractivity contribution >= 4 is 17.5 Å². The van der Waals surface area contributed by atoms with E-state index in [0.717, 1.165) is 5.56 Å². The second-order valence-corrected chi connectivity index (χ2v) is 5.95. The van der Waals surface area contributed by atoms with E-state index in [1.54, 1.807) is 37.4 Å². The van der Waals surface area contributed by atoms with Crippen molar-refractivity contribution in [1.82, 2.24) is 5.32 Å². The highest BCUT2D eigenvalue weighted by atomic mass is 35.5. The number of aryl methyl sites for hydroxylation is 1. The molecule has 0 aliphatic heterocycles. The van der Waals surface area contributed by atoms with Gasteiger partial charge in [-0.15, -0.1) is 0 Å². The minimum atomic E-state index is -2.63. The monoisotopic (exact) mass is 367 g/mol. The topological polar surface area (TPSA) is 38.3 Å². The minimum Gasteiger partial charge on any atom is -0.488 e. The van der Waals surface area contributed by atoms with Gasteiger partial charge in [0.2, 0.25) is 5.91 Å². The standard InChI is InChI=1S/C19H20ClF2NO2/c1-3-12-7-8-17(14(9-12)19(21)22)25-11-15-13(10-18(24)23-2)5-4-6-16(15)20/h4-9,19H,3,10-11H2,1-2H3,(H,23,24). The van der Waals surface area contributed by atoms with E-state index in [9.17, 15) is 13.6 Å². The van der Waals surface area contributed by atoms with Gasteiger partial charge in [0.1, 0.15) is 12.4 Å². The molecule has 0 saturated heterocycles. The van der Waals surface area contributed by atoms with Crippen LogP contribution in [-0.4, -0.2) is 13.0 Å². The van der Waals surface area contributed by atoms with Gasteiger partial charge in [0.05, 0.1) is 12.0 Å². The van der Waals surface area contributed by atoms with Crippen LogP contribution in [0.3, 0.4) is 0 Å². The molecule has 1 N–H and O–H groups in total. The highest BCUT2D eigenvalue weighted by Gasteiger charge is 2.17. The predicted octanol–water partition coefficient (Wildman–Crippen LogP) is 4.71. The molecule has 2 aromatic carbocycles. The Morgan fingerprint density at radius 3 is 2.68 bits per heavy atom. The number of nitrogens with one attached hydrogen (secondary N) is 1. The summed E-state index contributed by atoms with van der Waals surface area (Å²) >= 11 is 6.21. The lowest BCUT2D eigenvalue weighted by Crippen LogP contribution is -2.21. The first-order chi connectivity index (χ1) is 12.0. The van der Waals surface area contributed by atoms with Crippen LogP contribution >= 0.6 is 11.6 Å². The van der Waals surface area contributed by atoms with E-state index in [1.807, 2.05) is 6.92 Å². The first-order valence-corrected chi connectivity index (χ1v) is 8.34. The lowest BCUT2D eigenvalue weighted by Gasteiger charge is -2.15. The van der Waals surface area contributed by atoms with Crippen molar-refractivity contribution in [2.24, 2.45) is 0 Å². The molecule has 0 unspecified atom stereocenters. The second kappa shape index (κ2) is 8.81. The third kappa shape index (κ3) is 4.92. The maximum absolute atomic E-state index is 13.3. The SMILES string of the molecule is CCc1ccc(OCc2c(Cl)cccc2CC(=O)NC)c(C(F)F)c1. The summed E-state index contributed by atoms with van der Waals surface area (Å²) in [6.07, 6.45) is -1.81. The summed E-state index contributed by atoms with van der Waals surface area (Å²) in [6, 6.07) is 9.97. The molecular weight excluding hydrogens is 348 g/mol. The van der Waals surface area contributed by atoms with E-state index >= 15 is 0 Å². The zero-order valence-corrected chi connectivity index (χ0v) is 14.9. The zero-order chi connectivity index (χ0) is 18.4. The number of hydrogen-bond acceptors (Lipinski definition) is 2. The summed E-state index contributed by atoms with van der Waals surface area (Å²) in [5, 5.41) is 2.98. The first kappa shape index (κ1) is 19.2. The summed E-state index contributed by atoms with van der Waals surface area (Å²) in [7, 11) is 1.55. The summed E-state index contributed by atoms with van der Waals surface area (Å²) in [5.41, 5.74) is 2.00. The average Bonchev–Trinajstić information content (AvgIpc) is 2.60. The highest BCUT2D eigenvalue weighted by molar-refractivity contribution is 6.31. The van der Waals surface area contributed by atoms with Crippen molar-refractivity contribution in [2.75, 3.05) is 7.05 Å². The summed E-state index contributed by atoms with van der Waals surface area (Å²) in [4.78, 5) is 11.6. The normalized spacial score (nSPS) is 10.8. The lowest BCUT2D eigenvalue weighted by atomic mass is 10.0. The molecule has 0 aliphatic rings. The molecule has 0 fully saturated rings. The fourth-order valence-corrected chi connectivity index (χ4v) is 2.71. The van der Waals surface area contributed by atoms with Gasteiger partial charge in [0.25, 0.3) is 6.43 Å². The molecule has 0 aliphatic carbocycles. The van der Waals surface area contributed by atoms with Crippen LogP contribution in [0.1, 0.15) is 35.6 Å². The third-order valence-corrected chi connectivity index (χ3v) is 4.29. The number of hydrogen-bond donors (Lipinski definition) is 1. The van der Waals surface area contributed by atoms with Gasteiger partial charge in [-0.05, 0) is 35.7 Å². The number of rotatable bonds is 7. The predicted molar refractivity (Wildman–Crippen MR) is 94.3 cm³/mol. The zero-order valence-electron chi connectivity index (χ0n) is 14.1. The number of amides is 1. The fourth-order valence-electron chi connectivity index (χ4n) is 2.46. The van der Waals surface area contributed by atoms with Gasteiger partial charge in [-0.25, -0.2) is 8.78 Å². The van der Waals surface area contributed by atoms with Gasteiger partial charge in [-0.3, -0.25) is 4.79 Å². The van der Waals surface area contributed by atoms with Crippen LogP contribution in [0.15, 0.2) is 36.4 Å². The van der Waals surface area contributed by atoms with Crippen LogP contribution < -0.4 is 10.1 Å². The van der Waals surface area contributed by atoms with Crippen molar-refractivity contribution in [3.8, 4) is 5.75 Å². The summed E-state index contributed by atoms with van der Waals surface area (Å²) < 4.78 is 32.2. The van der Waals surface area contributed by atoms with Crippen LogP contribution in [0, 0.1) is 0 Å². The van der Waals surface area contributed by atoms with Gasteiger partial charge >= 0.3 is 0 Å². The Bertz CT molecular complexity index is 750. The molecule has 1 amide bonds. The van der Waals surface area contributed by atoms with Crippen molar-refractivity contribution in [1.29, 1.82) is 0 Å². The number of carbonyl (C=O) groups is 1. The average molecular weight is 368 g/mol. The van der Waals surface area contributed by atoms with Crippen LogP contribution in [0.4, 0.5) is 8.78 Å². The van der Waals surface area contributed by atoms with Crippen molar-refractivity contribution in [3.63, 3.8) is 0 Å². The van der Waals surface area contributed by atoms with Gasteiger partial charge in [-0.2, -0.15) is 0 Å². The molecule has 0 bridgehead atoms. The molecule has 3 nitrogen and oxygen atoms in total. The molecule has 0 heterocycles. The smallest absolute Gasteiger partial charge is 0.267 e. The summed E-state index contributed by atoms with van der Waals surface area (Å²) in [6.45, 7) is 1.91. The molecule has 0 spiro atoms. The molecule has 2 rings (SSSR count). The molecule has 6 heteroatoms. The Labute approximate surface area is 151 Å². The number of ether oxygens (including phenoxy) is 1. The van der Waals surface area contributed by atoms with Gasteiger partial charge in [-0.1, -0.05) is 36.7 Å². The van der Waals surface area contributed by atoms with Gasteiger partial charge in [0.15, 0.2) is 0 Å². The maximum atomic E-state index is 13.3. The molecule has 2 aromatic rings. The number of alkyl halides is 2. The number of likely N-dealkylation sites (N-methyl/N-ethyl adjacent to an activating group) is 1. The number of halogens is 3. The van der Waals surface area contributed by atoms with E-state index in [0.29, 0.717) is 22.6 Å². The van der Waals surface area contributed by atoms with Crippen molar-refractivity contribution < 1.29 is 18.3 Å². The minimum absolute atomic E-state index is 0.0111. The highest BCUT2D eigenvalue weighted by Crippen LogP contribution is 2.32. The van der Waals surface area contributed by atoms with Crippen LogP contribution in [-0.2, 0) is 24.2 Å². The van der Waals surface area contributed by atoms with Crippen LogP contribution in [0.2, 0.25) is 5.02 Å². The van der Waals surface area contributed by atoms with Crippen LogP contribution in [0.5, 0.6) is 5.75 Å². The Hall–Kier alpha value is -2.14. The maximum Gasteiger partial charge on any atom is 0.267 e. The Morgan fingerprint density at radius 1 is 1.28 bits per heavy atom. The molecular formula is C19H20ClF2NO2. The van der Waals surface area contributed by atoms with E-state index in [-0.39, 0.29) is 30.2 Å². The second-order valence-electron chi connectivity index (χ2n) is 5.54. The molecule has 0 aromatic heterocycles. The van der Waals surface area contributed by atoms with Gasteiger partial charge < -0.3 is 10.1 Å². The quantitative estimate of drug-likeness (QED) is 0.769. The van der Waals surface area contributed by atoms with E-state index < -0.39 is 6.43 Å². The third-order valence-electron chi connectivity index (χ3n) is 3.94. The largest absolute Gasteiger partial charge is 0.488 e. The lowest BCUT2D eigenvalue weighted by molar-refractivity contribution is -0.119. The molecule has 25 heavy (non-hydrogen) atoms. The molecule has 0 saturated carbocycles. The van der Waals surface area contributed by atoms with Crippen molar-refractivity contribution in [2.45, 2.75) is 32.8 Å². The Kier molecular flexibility index (Phi) is 6.76. The summed E-state index contributed by atoms with van der Waals surface area (Å²) in [5.74, 6) is -0.0397. The fraction of sp³-hybridized carbons (Fsp3) is 0.316. The molecule has 0 radical (unpaired) electrons. The van der Waals surface area contributed by atoms with E-state index in [1.165, 1.54) is 6.07 Å². The number of benzene rings is 2. The number of carbonyl (C=O) groups excluding carboxylic acids is 1. The Morgan fingerprint density at radius 2 is 2.04 bits per heavy atom. The Balaban J connectivity index is 2.26. The van der Waals surface area contributed by atoms with E-state index in [2.05, 4.69) is 5.32 Å². The molecule has 134 valence electrons. The van der Waals surface area contributed by atoms with Gasteiger partial charge in [0, 0.05) is 17.6 Å². The van der Waals surface area contributed by atoms with E-state index in [4.69, 9.17) is 16.3 Å². The van der Waals surface area contributed by atoms with Crippen molar-refractivity contribution in [3.05, 3.63) is 63.7 Å². The first-order valence-electron chi connectivity index (χ1n) is 7.96. The molecule has 0 atom stereocenters. The van der Waals surface area contributed by atoms with Crippen LogP contribution in [0.25, 0.3) is 0 Å².